The molecule has 0 bridgehead atoms. The molecule has 152 valence electrons. The second-order valence-electron chi connectivity index (χ2n) is 6.15. The molecule has 6 nitrogen and oxygen atoms in total. The third-order valence-electron chi connectivity index (χ3n) is 4.12. The van der Waals surface area contributed by atoms with Gasteiger partial charge in [-0.15, -0.1) is 0 Å². The van der Waals surface area contributed by atoms with Crippen molar-refractivity contribution in [2.45, 2.75) is 4.90 Å². The van der Waals surface area contributed by atoms with E-state index in [1.807, 2.05) is 0 Å². The van der Waals surface area contributed by atoms with Crippen LogP contribution in [0.25, 0.3) is 11.1 Å². The minimum absolute atomic E-state index is 0.122. The molecule has 0 radical (unpaired) electrons. The average Bonchev–Trinajstić information content (AvgIpc) is 3.23. The molecule has 0 saturated carbocycles. The first-order valence-electron chi connectivity index (χ1n) is 8.67. The summed E-state index contributed by atoms with van der Waals surface area (Å²) in [6.07, 6.45) is 2.49. The molecule has 4 rings (SSSR count). The first kappa shape index (κ1) is 19.6. The number of rotatable bonds is 6. The summed E-state index contributed by atoms with van der Waals surface area (Å²) >= 11 is 0. The van der Waals surface area contributed by atoms with E-state index in [2.05, 4.69) is 9.71 Å². The quantitative estimate of drug-likeness (QED) is 0.456. The fraction of sp³-hybridized carbons (Fsp3) is 0. The van der Waals surface area contributed by atoms with Gasteiger partial charge in [-0.05, 0) is 35.9 Å². The Hall–Kier alpha value is -3.72. The van der Waals surface area contributed by atoms with Crippen LogP contribution in [0.4, 0.5) is 14.5 Å². The fourth-order valence-electron chi connectivity index (χ4n) is 2.68. The number of hydrogen-bond donors (Lipinski definition) is 1. The van der Waals surface area contributed by atoms with Crippen LogP contribution in [0.3, 0.4) is 0 Å². The van der Waals surface area contributed by atoms with Crippen molar-refractivity contribution < 1.29 is 26.4 Å². The van der Waals surface area contributed by atoms with Gasteiger partial charge < -0.3 is 9.15 Å². The monoisotopic (exact) mass is 428 g/mol. The summed E-state index contributed by atoms with van der Waals surface area (Å²) in [5.41, 5.74) is 0.234. The van der Waals surface area contributed by atoms with Gasteiger partial charge in [-0.3, -0.25) is 4.72 Å². The van der Waals surface area contributed by atoms with E-state index in [1.165, 1.54) is 48.7 Å². The number of aromatic nitrogens is 1. The van der Waals surface area contributed by atoms with Crippen molar-refractivity contribution in [2.24, 2.45) is 0 Å². The standard InChI is InChI=1S/C21H14F2N2O4S/c22-17-5-2-1-4-16(17)14-7-9-18(23)19(12-14)25-30(26,27)15-8-10-20(24-13-15)29-21-6-3-11-28-21/h1-13,25H. The third kappa shape index (κ3) is 4.15. The van der Waals surface area contributed by atoms with Crippen LogP contribution in [0.1, 0.15) is 0 Å². The van der Waals surface area contributed by atoms with Crippen LogP contribution in [-0.2, 0) is 10.0 Å². The fourth-order valence-corrected chi connectivity index (χ4v) is 3.68. The van der Waals surface area contributed by atoms with Crippen molar-refractivity contribution in [1.29, 1.82) is 0 Å². The van der Waals surface area contributed by atoms with E-state index in [9.17, 15) is 17.2 Å². The van der Waals surface area contributed by atoms with Crippen molar-refractivity contribution in [3.8, 4) is 23.0 Å². The second-order valence-corrected chi connectivity index (χ2v) is 7.83. The first-order valence-corrected chi connectivity index (χ1v) is 10.2. The molecule has 0 fully saturated rings. The number of sulfonamides is 1. The van der Waals surface area contributed by atoms with Crippen LogP contribution < -0.4 is 9.46 Å². The molecule has 0 saturated heterocycles. The lowest BCUT2D eigenvalue weighted by molar-refractivity contribution is 0.337. The van der Waals surface area contributed by atoms with Gasteiger partial charge in [-0.2, -0.15) is 0 Å². The second kappa shape index (κ2) is 7.96. The Balaban J connectivity index is 1.58. The molecular weight excluding hydrogens is 414 g/mol. The van der Waals surface area contributed by atoms with Crippen LogP contribution in [0, 0.1) is 11.6 Å². The molecule has 9 heteroatoms. The molecule has 2 aromatic heterocycles. The maximum absolute atomic E-state index is 14.2. The minimum atomic E-state index is -4.15. The summed E-state index contributed by atoms with van der Waals surface area (Å²) in [6, 6.07) is 15.4. The minimum Gasteiger partial charge on any atom is -0.434 e. The van der Waals surface area contributed by atoms with Gasteiger partial charge in [0.1, 0.15) is 16.5 Å². The Morgan fingerprint density at radius 3 is 2.47 bits per heavy atom. The van der Waals surface area contributed by atoms with Gasteiger partial charge >= 0.3 is 0 Å². The van der Waals surface area contributed by atoms with Gasteiger partial charge in [0.15, 0.2) is 0 Å². The van der Waals surface area contributed by atoms with Gasteiger partial charge in [0.05, 0.1) is 18.1 Å². The zero-order chi connectivity index (χ0) is 21.1. The van der Waals surface area contributed by atoms with Gasteiger partial charge in [-0.1, -0.05) is 24.3 Å². The third-order valence-corrected chi connectivity index (χ3v) is 5.47. The van der Waals surface area contributed by atoms with Gasteiger partial charge in [-0.25, -0.2) is 22.2 Å². The van der Waals surface area contributed by atoms with Crippen molar-refractivity contribution in [2.75, 3.05) is 4.72 Å². The van der Waals surface area contributed by atoms with Crippen LogP contribution in [0.15, 0.2) is 88.5 Å². The Bertz CT molecular complexity index is 1270. The van der Waals surface area contributed by atoms with E-state index in [1.54, 1.807) is 18.2 Å². The Morgan fingerprint density at radius 1 is 0.933 bits per heavy atom. The number of benzene rings is 2. The molecule has 0 spiro atoms. The van der Waals surface area contributed by atoms with E-state index < -0.39 is 21.7 Å². The Kier molecular flexibility index (Phi) is 5.20. The lowest BCUT2D eigenvalue weighted by atomic mass is 10.0. The van der Waals surface area contributed by atoms with Gasteiger partial charge in [0.25, 0.3) is 16.0 Å². The summed E-state index contributed by atoms with van der Waals surface area (Å²) in [6.45, 7) is 0. The maximum Gasteiger partial charge on any atom is 0.291 e. The summed E-state index contributed by atoms with van der Waals surface area (Å²) in [5, 5.41) is 0. The van der Waals surface area contributed by atoms with Crippen molar-refractivity contribution in [3.05, 3.63) is 90.8 Å². The number of ether oxygens (including phenoxy) is 1. The smallest absolute Gasteiger partial charge is 0.291 e. The topological polar surface area (TPSA) is 81.4 Å². The number of halogens is 2. The van der Waals surface area contributed by atoms with E-state index in [4.69, 9.17) is 9.15 Å². The number of furan rings is 1. The maximum atomic E-state index is 14.2. The van der Waals surface area contributed by atoms with Crippen molar-refractivity contribution in [3.63, 3.8) is 0 Å². The number of hydrogen-bond acceptors (Lipinski definition) is 5. The molecule has 4 aromatic rings. The molecule has 0 atom stereocenters. The summed E-state index contributed by atoms with van der Waals surface area (Å²) < 4.78 is 66.1. The highest BCUT2D eigenvalue weighted by molar-refractivity contribution is 7.92. The van der Waals surface area contributed by atoms with Gasteiger partial charge in [0.2, 0.25) is 5.88 Å². The zero-order valence-corrected chi connectivity index (χ0v) is 16.1. The van der Waals surface area contributed by atoms with E-state index in [-0.39, 0.29) is 28.0 Å². The number of anilines is 1. The molecule has 2 heterocycles. The Morgan fingerprint density at radius 2 is 1.77 bits per heavy atom. The predicted octanol–water partition coefficient (Wildman–Crippen LogP) is 5.21. The number of nitrogens with zero attached hydrogens (tertiary/aromatic N) is 1. The van der Waals surface area contributed by atoms with Gasteiger partial charge in [0, 0.05) is 17.7 Å². The Labute approximate surface area is 170 Å². The summed E-state index contributed by atoms with van der Waals surface area (Å²) in [7, 11) is -4.15. The van der Waals surface area contributed by atoms with Crippen LogP contribution in [-0.4, -0.2) is 13.4 Å². The van der Waals surface area contributed by atoms with Crippen LogP contribution >= 0.6 is 0 Å². The molecule has 0 aliphatic carbocycles. The lowest BCUT2D eigenvalue weighted by Gasteiger charge is -2.11. The molecular formula is C21H14F2N2O4S. The zero-order valence-electron chi connectivity index (χ0n) is 15.2. The van der Waals surface area contributed by atoms with E-state index in [0.717, 1.165) is 12.3 Å². The van der Waals surface area contributed by atoms with Crippen LogP contribution in [0.5, 0.6) is 11.8 Å². The van der Waals surface area contributed by atoms with E-state index >= 15 is 0 Å². The number of pyridine rings is 1. The molecule has 0 unspecified atom stereocenters. The summed E-state index contributed by atoms with van der Waals surface area (Å²) in [4.78, 5) is 3.71. The highest BCUT2D eigenvalue weighted by Gasteiger charge is 2.18. The van der Waals surface area contributed by atoms with Crippen molar-refractivity contribution >= 4 is 15.7 Å². The highest BCUT2D eigenvalue weighted by Crippen LogP contribution is 2.29. The molecule has 0 aliphatic rings. The molecule has 0 aliphatic heterocycles. The van der Waals surface area contributed by atoms with Crippen molar-refractivity contribution in [1.82, 2.24) is 4.98 Å². The molecule has 0 amide bonds. The SMILES string of the molecule is O=S(=O)(Nc1cc(-c2ccccc2F)ccc1F)c1ccc(Oc2ccco2)nc1. The number of nitrogens with one attached hydrogen (secondary N) is 1. The molecule has 30 heavy (non-hydrogen) atoms. The largest absolute Gasteiger partial charge is 0.434 e. The summed E-state index contributed by atoms with van der Waals surface area (Å²) in [5.74, 6) is -0.987. The van der Waals surface area contributed by atoms with Crippen LogP contribution in [0.2, 0.25) is 0 Å². The predicted molar refractivity (Wildman–Crippen MR) is 106 cm³/mol. The molecule has 2 aromatic carbocycles. The molecule has 1 N–H and O–H groups in total. The first-order chi connectivity index (χ1) is 14.4. The average molecular weight is 428 g/mol. The lowest BCUT2D eigenvalue weighted by Crippen LogP contribution is -2.14. The highest BCUT2D eigenvalue weighted by atomic mass is 32.2. The van der Waals surface area contributed by atoms with E-state index in [0.29, 0.717) is 5.56 Å². The normalized spacial score (nSPS) is 11.3.